The summed E-state index contributed by atoms with van der Waals surface area (Å²) in [6.07, 6.45) is 1.15. The first kappa shape index (κ1) is 11.1. The van der Waals surface area contributed by atoms with E-state index in [-0.39, 0.29) is 10.8 Å². The van der Waals surface area contributed by atoms with Crippen molar-refractivity contribution in [2.75, 3.05) is 11.1 Å². The molecular formula is C11H13ClFNS. The Morgan fingerprint density at radius 3 is 2.93 bits per heavy atom. The Morgan fingerprint density at radius 2 is 2.33 bits per heavy atom. The lowest BCUT2D eigenvalue weighted by atomic mass is 10.2. The second-order valence-electron chi connectivity index (χ2n) is 3.85. The van der Waals surface area contributed by atoms with Crippen LogP contribution in [0.25, 0.3) is 0 Å². The molecule has 82 valence electrons. The van der Waals surface area contributed by atoms with Crippen molar-refractivity contribution < 1.29 is 4.39 Å². The molecule has 1 N–H and O–H groups in total. The number of thioether (sulfide) groups is 1. The maximum Gasteiger partial charge on any atom is 0.141 e. The van der Waals surface area contributed by atoms with Crippen molar-refractivity contribution in [1.29, 1.82) is 0 Å². The minimum Gasteiger partial charge on any atom is -0.381 e. The second-order valence-corrected chi connectivity index (χ2v) is 5.73. The van der Waals surface area contributed by atoms with Crippen molar-refractivity contribution in [2.45, 2.75) is 24.6 Å². The fourth-order valence-electron chi connectivity index (χ4n) is 1.74. The molecule has 2 unspecified atom stereocenters. The Kier molecular flexibility index (Phi) is 3.42. The van der Waals surface area contributed by atoms with Gasteiger partial charge in [-0.25, -0.2) is 4.39 Å². The van der Waals surface area contributed by atoms with Gasteiger partial charge in [-0.05, 0) is 24.6 Å². The first-order valence-electron chi connectivity index (χ1n) is 4.98. The largest absolute Gasteiger partial charge is 0.381 e. The smallest absolute Gasteiger partial charge is 0.141 e. The predicted molar refractivity (Wildman–Crippen MR) is 65.4 cm³/mol. The molecule has 1 aliphatic heterocycles. The zero-order chi connectivity index (χ0) is 10.8. The molecule has 0 aromatic heterocycles. The van der Waals surface area contributed by atoms with Gasteiger partial charge < -0.3 is 5.32 Å². The van der Waals surface area contributed by atoms with Gasteiger partial charge in [0.2, 0.25) is 0 Å². The van der Waals surface area contributed by atoms with E-state index in [1.807, 2.05) is 11.8 Å². The van der Waals surface area contributed by atoms with Crippen LogP contribution in [0, 0.1) is 5.82 Å². The molecule has 1 heterocycles. The molecule has 0 aliphatic carbocycles. The number of hydrogen-bond acceptors (Lipinski definition) is 2. The molecule has 0 bridgehead atoms. The van der Waals surface area contributed by atoms with Crippen molar-refractivity contribution in [3.63, 3.8) is 0 Å². The van der Waals surface area contributed by atoms with E-state index in [1.54, 1.807) is 12.1 Å². The van der Waals surface area contributed by atoms with Crippen molar-refractivity contribution in [2.24, 2.45) is 0 Å². The van der Waals surface area contributed by atoms with Crippen LogP contribution in [0.2, 0.25) is 5.02 Å². The highest BCUT2D eigenvalue weighted by atomic mass is 35.5. The average Bonchev–Trinajstić information content (AvgIpc) is 2.58. The van der Waals surface area contributed by atoms with Crippen LogP contribution in [0.5, 0.6) is 0 Å². The summed E-state index contributed by atoms with van der Waals surface area (Å²) in [6.45, 7) is 2.23. The summed E-state index contributed by atoms with van der Waals surface area (Å²) in [7, 11) is 0. The molecule has 1 saturated heterocycles. The summed E-state index contributed by atoms with van der Waals surface area (Å²) in [5.74, 6) is 0.743. The minimum absolute atomic E-state index is 0.179. The molecule has 0 spiro atoms. The molecule has 1 nitrogen and oxygen atoms in total. The molecular weight excluding hydrogens is 233 g/mol. The average molecular weight is 246 g/mol. The van der Waals surface area contributed by atoms with E-state index in [0.29, 0.717) is 11.3 Å². The molecule has 0 amide bonds. The van der Waals surface area contributed by atoms with Crippen LogP contribution in [0.4, 0.5) is 10.1 Å². The Hall–Kier alpha value is -0.410. The third-order valence-corrected chi connectivity index (χ3v) is 4.13. The van der Waals surface area contributed by atoms with Gasteiger partial charge in [-0.1, -0.05) is 18.5 Å². The standard InChI is InChI=1S/C11H13ClFNS/c1-7-4-9(6-15-7)14-8-2-3-11(13)10(12)5-8/h2-3,5,7,9,14H,4,6H2,1H3. The summed E-state index contributed by atoms with van der Waals surface area (Å²) < 4.78 is 12.9. The third-order valence-electron chi connectivity index (χ3n) is 2.49. The topological polar surface area (TPSA) is 12.0 Å². The fraction of sp³-hybridized carbons (Fsp3) is 0.455. The zero-order valence-corrected chi connectivity index (χ0v) is 10.0. The molecule has 15 heavy (non-hydrogen) atoms. The third kappa shape index (κ3) is 2.79. The number of nitrogens with one attached hydrogen (secondary N) is 1. The van der Waals surface area contributed by atoms with Gasteiger partial charge in [0.1, 0.15) is 5.82 Å². The van der Waals surface area contributed by atoms with Gasteiger partial charge in [-0.2, -0.15) is 11.8 Å². The van der Waals surface area contributed by atoms with Crippen LogP contribution in [-0.2, 0) is 0 Å². The summed E-state index contributed by atoms with van der Waals surface area (Å²) in [5.41, 5.74) is 0.904. The number of anilines is 1. The van der Waals surface area contributed by atoms with Gasteiger partial charge in [0, 0.05) is 22.7 Å². The number of hydrogen-bond donors (Lipinski definition) is 1. The summed E-state index contributed by atoms with van der Waals surface area (Å²) in [5, 5.41) is 4.25. The molecule has 2 atom stereocenters. The lowest BCUT2D eigenvalue weighted by molar-refractivity contribution is 0.628. The molecule has 4 heteroatoms. The SMILES string of the molecule is CC1CC(Nc2ccc(F)c(Cl)c2)CS1. The highest BCUT2D eigenvalue weighted by Gasteiger charge is 2.21. The summed E-state index contributed by atoms with van der Waals surface area (Å²) >= 11 is 7.67. The summed E-state index contributed by atoms with van der Waals surface area (Å²) in [4.78, 5) is 0. The van der Waals surface area contributed by atoms with E-state index < -0.39 is 0 Å². The van der Waals surface area contributed by atoms with Crippen molar-refractivity contribution in [3.8, 4) is 0 Å². The van der Waals surface area contributed by atoms with Crippen molar-refractivity contribution >= 4 is 29.1 Å². The Bertz CT molecular complexity index is 358. The molecule has 1 aromatic carbocycles. The molecule has 0 radical (unpaired) electrons. The molecule has 2 rings (SSSR count). The van der Waals surface area contributed by atoms with Gasteiger partial charge in [-0.3, -0.25) is 0 Å². The fourth-order valence-corrected chi connectivity index (χ4v) is 3.07. The van der Waals surface area contributed by atoms with Gasteiger partial charge in [0.05, 0.1) is 5.02 Å². The normalized spacial score (nSPS) is 25.5. The Morgan fingerprint density at radius 1 is 1.53 bits per heavy atom. The number of halogens is 2. The minimum atomic E-state index is -0.364. The lowest BCUT2D eigenvalue weighted by Crippen LogP contribution is -2.18. The first-order valence-corrected chi connectivity index (χ1v) is 6.41. The van der Waals surface area contributed by atoms with E-state index in [2.05, 4.69) is 12.2 Å². The number of rotatable bonds is 2. The van der Waals surface area contributed by atoms with Gasteiger partial charge in [0.15, 0.2) is 0 Å². The predicted octanol–water partition coefficient (Wildman–Crippen LogP) is 3.79. The quantitative estimate of drug-likeness (QED) is 0.851. The highest BCUT2D eigenvalue weighted by Crippen LogP contribution is 2.29. The van der Waals surface area contributed by atoms with Gasteiger partial charge >= 0.3 is 0 Å². The highest BCUT2D eigenvalue weighted by molar-refractivity contribution is 8.00. The monoisotopic (exact) mass is 245 g/mol. The van der Waals surface area contributed by atoms with Gasteiger partial charge in [-0.15, -0.1) is 0 Å². The lowest BCUT2D eigenvalue weighted by Gasteiger charge is -2.13. The summed E-state index contributed by atoms with van der Waals surface area (Å²) in [6, 6.07) is 5.25. The van der Waals surface area contributed by atoms with Crippen molar-refractivity contribution in [1.82, 2.24) is 0 Å². The van der Waals surface area contributed by atoms with Crippen LogP contribution in [0.3, 0.4) is 0 Å². The van der Waals surface area contributed by atoms with E-state index in [0.717, 1.165) is 17.9 Å². The Labute approximate surface area is 98.4 Å². The van der Waals surface area contributed by atoms with E-state index in [4.69, 9.17) is 11.6 Å². The molecule has 0 saturated carbocycles. The molecule has 1 fully saturated rings. The van der Waals surface area contributed by atoms with E-state index in [9.17, 15) is 4.39 Å². The van der Waals surface area contributed by atoms with Crippen LogP contribution < -0.4 is 5.32 Å². The van der Waals surface area contributed by atoms with Gasteiger partial charge in [0.25, 0.3) is 0 Å². The maximum absolute atomic E-state index is 12.9. The maximum atomic E-state index is 12.9. The van der Waals surface area contributed by atoms with Crippen LogP contribution in [0.1, 0.15) is 13.3 Å². The van der Waals surface area contributed by atoms with E-state index in [1.165, 1.54) is 6.07 Å². The zero-order valence-electron chi connectivity index (χ0n) is 8.47. The first-order chi connectivity index (χ1) is 7.15. The Balaban J connectivity index is 2.02. The number of benzene rings is 1. The molecule has 1 aromatic rings. The molecule has 1 aliphatic rings. The van der Waals surface area contributed by atoms with E-state index >= 15 is 0 Å². The van der Waals surface area contributed by atoms with Crippen LogP contribution in [0.15, 0.2) is 18.2 Å². The van der Waals surface area contributed by atoms with Crippen LogP contribution >= 0.6 is 23.4 Å². The van der Waals surface area contributed by atoms with Crippen LogP contribution in [-0.4, -0.2) is 17.0 Å². The van der Waals surface area contributed by atoms with Crippen molar-refractivity contribution in [3.05, 3.63) is 29.0 Å². The second kappa shape index (κ2) is 4.62.